The Kier molecular flexibility index (Phi) is 7.15. The molecular formula is C20H26N2O2. The number of nitrogens with zero attached hydrogens (tertiary/aromatic N) is 1. The number of anilines is 1. The Balaban J connectivity index is 1.88. The molecular weight excluding hydrogens is 300 g/mol. The lowest BCUT2D eigenvalue weighted by Crippen LogP contribution is -2.36. The van der Waals surface area contributed by atoms with E-state index in [1.807, 2.05) is 59.5 Å². The maximum atomic E-state index is 12.3. The summed E-state index contributed by atoms with van der Waals surface area (Å²) in [4.78, 5) is 14.1. The SMILES string of the molecule is CCCN(CCC)C(=O)Nc1ccc(OCc2ccccc2)cc1. The molecule has 2 amide bonds. The summed E-state index contributed by atoms with van der Waals surface area (Å²) in [6, 6.07) is 17.5. The molecule has 0 aliphatic carbocycles. The van der Waals surface area contributed by atoms with Crippen molar-refractivity contribution >= 4 is 11.7 Å². The molecule has 0 aliphatic heterocycles. The van der Waals surface area contributed by atoms with Gasteiger partial charge in [0.1, 0.15) is 12.4 Å². The van der Waals surface area contributed by atoms with Crippen LogP contribution in [0.4, 0.5) is 10.5 Å². The van der Waals surface area contributed by atoms with Crippen LogP contribution in [0.25, 0.3) is 0 Å². The van der Waals surface area contributed by atoms with Gasteiger partial charge in [-0.3, -0.25) is 0 Å². The molecule has 0 aliphatic rings. The molecule has 0 fully saturated rings. The summed E-state index contributed by atoms with van der Waals surface area (Å²) in [6.45, 7) is 6.24. The van der Waals surface area contributed by atoms with Crippen molar-refractivity contribution in [3.8, 4) is 5.75 Å². The third-order valence-corrected chi connectivity index (χ3v) is 3.63. The van der Waals surface area contributed by atoms with Crippen molar-refractivity contribution in [3.05, 3.63) is 60.2 Å². The minimum Gasteiger partial charge on any atom is -0.489 e. The largest absolute Gasteiger partial charge is 0.489 e. The van der Waals surface area contributed by atoms with Gasteiger partial charge in [0, 0.05) is 18.8 Å². The third-order valence-electron chi connectivity index (χ3n) is 3.63. The second-order valence-corrected chi connectivity index (χ2v) is 5.72. The van der Waals surface area contributed by atoms with E-state index in [1.54, 1.807) is 0 Å². The van der Waals surface area contributed by atoms with Gasteiger partial charge in [-0.25, -0.2) is 4.79 Å². The molecule has 24 heavy (non-hydrogen) atoms. The molecule has 0 saturated heterocycles. The Hall–Kier alpha value is -2.49. The zero-order valence-electron chi connectivity index (χ0n) is 14.5. The number of benzene rings is 2. The predicted molar refractivity (Wildman–Crippen MR) is 98.4 cm³/mol. The molecule has 4 nitrogen and oxygen atoms in total. The van der Waals surface area contributed by atoms with E-state index in [-0.39, 0.29) is 6.03 Å². The van der Waals surface area contributed by atoms with Crippen molar-refractivity contribution in [2.75, 3.05) is 18.4 Å². The number of amides is 2. The van der Waals surface area contributed by atoms with Gasteiger partial charge in [0.2, 0.25) is 0 Å². The summed E-state index contributed by atoms with van der Waals surface area (Å²) in [5, 5.41) is 2.94. The monoisotopic (exact) mass is 326 g/mol. The van der Waals surface area contributed by atoms with Gasteiger partial charge < -0.3 is 15.0 Å². The van der Waals surface area contributed by atoms with Crippen LogP contribution in [-0.4, -0.2) is 24.0 Å². The average Bonchev–Trinajstić information content (AvgIpc) is 2.62. The van der Waals surface area contributed by atoms with Crippen LogP contribution in [0.2, 0.25) is 0 Å². The van der Waals surface area contributed by atoms with Gasteiger partial charge in [-0.05, 0) is 42.7 Å². The molecule has 1 N–H and O–H groups in total. The van der Waals surface area contributed by atoms with Crippen molar-refractivity contribution in [2.45, 2.75) is 33.3 Å². The van der Waals surface area contributed by atoms with Crippen LogP contribution in [0.3, 0.4) is 0 Å². The number of carbonyl (C=O) groups excluding carboxylic acids is 1. The summed E-state index contributed by atoms with van der Waals surface area (Å²) < 4.78 is 5.75. The number of hydrogen-bond acceptors (Lipinski definition) is 2. The number of ether oxygens (including phenoxy) is 1. The zero-order chi connectivity index (χ0) is 17.2. The van der Waals surface area contributed by atoms with Crippen molar-refractivity contribution < 1.29 is 9.53 Å². The third kappa shape index (κ3) is 5.61. The van der Waals surface area contributed by atoms with Crippen molar-refractivity contribution in [1.82, 2.24) is 4.90 Å². The van der Waals surface area contributed by atoms with Crippen LogP contribution >= 0.6 is 0 Å². The molecule has 0 unspecified atom stereocenters. The predicted octanol–water partition coefficient (Wildman–Crippen LogP) is 4.92. The molecule has 0 saturated carbocycles. The lowest BCUT2D eigenvalue weighted by Gasteiger charge is -2.22. The first-order valence-corrected chi connectivity index (χ1v) is 8.55. The number of nitrogens with one attached hydrogen (secondary N) is 1. The first-order chi connectivity index (χ1) is 11.7. The molecule has 0 atom stereocenters. The Labute approximate surface area is 144 Å². The normalized spacial score (nSPS) is 10.2. The standard InChI is InChI=1S/C20H26N2O2/c1-3-14-22(15-4-2)20(23)21-18-10-12-19(13-11-18)24-16-17-8-6-5-7-9-17/h5-13H,3-4,14-16H2,1-2H3,(H,21,23). The fraction of sp³-hybridized carbons (Fsp3) is 0.350. The van der Waals surface area contributed by atoms with Crippen molar-refractivity contribution in [1.29, 1.82) is 0 Å². The van der Waals surface area contributed by atoms with E-state index in [0.717, 1.165) is 42.9 Å². The van der Waals surface area contributed by atoms with Gasteiger partial charge in [-0.15, -0.1) is 0 Å². The summed E-state index contributed by atoms with van der Waals surface area (Å²) >= 11 is 0. The maximum Gasteiger partial charge on any atom is 0.321 e. The van der Waals surface area contributed by atoms with Crippen LogP contribution in [0.1, 0.15) is 32.3 Å². The van der Waals surface area contributed by atoms with Crippen LogP contribution in [-0.2, 0) is 6.61 Å². The highest BCUT2D eigenvalue weighted by Crippen LogP contribution is 2.17. The van der Waals surface area contributed by atoms with Crippen molar-refractivity contribution in [2.24, 2.45) is 0 Å². The number of rotatable bonds is 8. The van der Waals surface area contributed by atoms with Gasteiger partial charge in [0.15, 0.2) is 0 Å². The molecule has 0 aromatic heterocycles. The zero-order valence-corrected chi connectivity index (χ0v) is 14.5. The van der Waals surface area contributed by atoms with Crippen molar-refractivity contribution in [3.63, 3.8) is 0 Å². The van der Waals surface area contributed by atoms with E-state index in [2.05, 4.69) is 19.2 Å². The molecule has 2 rings (SSSR count). The van der Waals surface area contributed by atoms with Crippen LogP contribution < -0.4 is 10.1 Å². The highest BCUT2D eigenvalue weighted by molar-refractivity contribution is 5.89. The van der Waals surface area contributed by atoms with Gasteiger partial charge in [0.25, 0.3) is 0 Å². The minimum absolute atomic E-state index is 0.0448. The topological polar surface area (TPSA) is 41.6 Å². The Morgan fingerprint density at radius 2 is 1.58 bits per heavy atom. The summed E-state index contributed by atoms with van der Waals surface area (Å²) in [7, 11) is 0. The van der Waals surface area contributed by atoms with Gasteiger partial charge >= 0.3 is 6.03 Å². The van der Waals surface area contributed by atoms with E-state index in [9.17, 15) is 4.79 Å². The van der Waals surface area contributed by atoms with Gasteiger partial charge in [0.05, 0.1) is 0 Å². The van der Waals surface area contributed by atoms with Crippen LogP contribution in [0.15, 0.2) is 54.6 Å². The molecule has 0 spiro atoms. The summed E-state index contributed by atoms with van der Waals surface area (Å²) in [6.07, 6.45) is 1.92. The number of hydrogen-bond donors (Lipinski definition) is 1. The van der Waals surface area contributed by atoms with E-state index in [4.69, 9.17) is 4.74 Å². The Bertz CT molecular complexity index is 605. The van der Waals surface area contributed by atoms with Crippen LogP contribution in [0, 0.1) is 0 Å². The quantitative estimate of drug-likeness (QED) is 0.748. The smallest absolute Gasteiger partial charge is 0.321 e. The summed E-state index contributed by atoms with van der Waals surface area (Å²) in [5.74, 6) is 0.788. The Morgan fingerprint density at radius 3 is 2.17 bits per heavy atom. The van der Waals surface area contributed by atoms with Gasteiger partial charge in [-0.1, -0.05) is 44.2 Å². The highest BCUT2D eigenvalue weighted by atomic mass is 16.5. The molecule has 128 valence electrons. The molecule has 0 heterocycles. The molecule has 0 bridgehead atoms. The first-order valence-electron chi connectivity index (χ1n) is 8.55. The van der Waals surface area contributed by atoms with E-state index in [0.29, 0.717) is 6.61 Å². The van der Waals surface area contributed by atoms with Gasteiger partial charge in [-0.2, -0.15) is 0 Å². The number of carbonyl (C=O) groups is 1. The lowest BCUT2D eigenvalue weighted by molar-refractivity contribution is 0.211. The fourth-order valence-corrected chi connectivity index (χ4v) is 2.43. The second kappa shape index (κ2) is 9.60. The van der Waals surface area contributed by atoms with E-state index >= 15 is 0 Å². The second-order valence-electron chi connectivity index (χ2n) is 5.72. The first kappa shape index (κ1) is 17.9. The molecule has 0 radical (unpaired) electrons. The van der Waals surface area contributed by atoms with E-state index < -0.39 is 0 Å². The average molecular weight is 326 g/mol. The fourth-order valence-electron chi connectivity index (χ4n) is 2.43. The highest BCUT2D eigenvalue weighted by Gasteiger charge is 2.11. The minimum atomic E-state index is -0.0448. The Morgan fingerprint density at radius 1 is 0.958 bits per heavy atom. The summed E-state index contributed by atoms with van der Waals surface area (Å²) in [5.41, 5.74) is 1.91. The molecule has 2 aromatic rings. The lowest BCUT2D eigenvalue weighted by atomic mass is 10.2. The van der Waals surface area contributed by atoms with E-state index in [1.165, 1.54) is 0 Å². The molecule has 4 heteroatoms. The molecule has 2 aromatic carbocycles. The maximum absolute atomic E-state index is 12.3. The van der Waals surface area contributed by atoms with Crippen LogP contribution in [0.5, 0.6) is 5.75 Å². The number of urea groups is 1.